The van der Waals surface area contributed by atoms with E-state index in [0.29, 0.717) is 11.1 Å². The number of ether oxygens (including phenoxy) is 1. The van der Waals surface area contributed by atoms with E-state index in [1.54, 1.807) is 26.0 Å². The molecule has 7 nitrogen and oxygen atoms in total. The Hall–Kier alpha value is -2.96. The second-order valence-corrected chi connectivity index (χ2v) is 4.59. The van der Waals surface area contributed by atoms with Gasteiger partial charge in [0.15, 0.2) is 0 Å². The maximum Gasteiger partial charge on any atom is 0.312 e. The molecule has 1 aromatic carbocycles. The van der Waals surface area contributed by atoms with E-state index in [-0.39, 0.29) is 23.2 Å². The summed E-state index contributed by atoms with van der Waals surface area (Å²) in [4.78, 5) is 14.6. The first-order valence-electron chi connectivity index (χ1n) is 6.12. The average molecular weight is 286 g/mol. The summed E-state index contributed by atoms with van der Waals surface area (Å²) in [5.74, 6) is 0.161. The number of nitrogen functional groups attached to an aromatic ring is 1. The van der Waals surface area contributed by atoms with Crippen molar-refractivity contribution in [2.45, 2.75) is 13.8 Å². The standard InChI is InChI=1S/C14H14N4O3/c1-8-5-9(2)13(11(6-8)18(19)20)21-12-7-10(14(15)16)3-4-17-12/h3-7H,1-2H3,(H3,15,16). The molecule has 21 heavy (non-hydrogen) atoms. The van der Waals surface area contributed by atoms with Gasteiger partial charge in [-0.2, -0.15) is 0 Å². The molecule has 2 rings (SSSR count). The Morgan fingerprint density at radius 2 is 2.10 bits per heavy atom. The molecule has 0 fully saturated rings. The van der Waals surface area contributed by atoms with Crippen LogP contribution < -0.4 is 10.5 Å². The van der Waals surface area contributed by atoms with Crippen molar-refractivity contribution in [3.8, 4) is 11.6 Å². The average Bonchev–Trinajstić information content (AvgIpc) is 2.41. The van der Waals surface area contributed by atoms with Crippen LogP contribution in [0.4, 0.5) is 5.69 Å². The molecule has 0 aliphatic carbocycles. The summed E-state index contributed by atoms with van der Waals surface area (Å²) in [6.45, 7) is 3.50. The van der Waals surface area contributed by atoms with E-state index in [0.717, 1.165) is 5.56 Å². The number of amidine groups is 1. The summed E-state index contributed by atoms with van der Waals surface area (Å²) >= 11 is 0. The Labute approximate surface area is 121 Å². The highest BCUT2D eigenvalue weighted by molar-refractivity contribution is 5.95. The molecule has 0 radical (unpaired) electrons. The lowest BCUT2D eigenvalue weighted by Crippen LogP contribution is -2.11. The van der Waals surface area contributed by atoms with Gasteiger partial charge in [-0.15, -0.1) is 0 Å². The number of aryl methyl sites for hydroxylation is 2. The van der Waals surface area contributed by atoms with Crippen molar-refractivity contribution in [2.75, 3.05) is 0 Å². The summed E-state index contributed by atoms with van der Waals surface area (Å²) < 4.78 is 5.54. The normalized spacial score (nSPS) is 10.2. The van der Waals surface area contributed by atoms with Gasteiger partial charge < -0.3 is 10.5 Å². The van der Waals surface area contributed by atoms with Crippen LogP contribution >= 0.6 is 0 Å². The van der Waals surface area contributed by atoms with Gasteiger partial charge in [0.25, 0.3) is 0 Å². The molecule has 0 amide bonds. The Morgan fingerprint density at radius 3 is 2.71 bits per heavy atom. The molecule has 0 aliphatic heterocycles. The highest BCUT2D eigenvalue weighted by atomic mass is 16.6. The number of hydrogen-bond donors (Lipinski definition) is 2. The van der Waals surface area contributed by atoms with Crippen molar-refractivity contribution in [3.05, 3.63) is 57.3 Å². The number of pyridine rings is 1. The number of nitro benzene ring substituents is 1. The fourth-order valence-corrected chi connectivity index (χ4v) is 1.94. The molecule has 108 valence electrons. The minimum absolute atomic E-state index is 0.123. The van der Waals surface area contributed by atoms with Crippen LogP contribution in [-0.4, -0.2) is 15.7 Å². The molecule has 0 saturated heterocycles. The summed E-state index contributed by atoms with van der Waals surface area (Å²) in [6, 6.07) is 6.26. The predicted molar refractivity (Wildman–Crippen MR) is 77.9 cm³/mol. The smallest absolute Gasteiger partial charge is 0.312 e. The van der Waals surface area contributed by atoms with Crippen molar-refractivity contribution >= 4 is 11.5 Å². The van der Waals surface area contributed by atoms with Crippen molar-refractivity contribution in [1.82, 2.24) is 4.98 Å². The van der Waals surface area contributed by atoms with E-state index in [9.17, 15) is 10.1 Å². The van der Waals surface area contributed by atoms with Crippen LogP contribution in [0.25, 0.3) is 0 Å². The van der Waals surface area contributed by atoms with E-state index < -0.39 is 4.92 Å². The van der Waals surface area contributed by atoms with Gasteiger partial charge in [0, 0.05) is 23.9 Å². The Balaban J connectivity index is 2.46. The molecular weight excluding hydrogens is 272 g/mol. The van der Waals surface area contributed by atoms with Crippen molar-refractivity contribution in [2.24, 2.45) is 5.73 Å². The van der Waals surface area contributed by atoms with Crippen molar-refractivity contribution < 1.29 is 9.66 Å². The molecule has 0 aliphatic rings. The number of nitrogens with one attached hydrogen (secondary N) is 1. The zero-order valence-electron chi connectivity index (χ0n) is 11.6. The van der Waals surface area contributed by atoms with Crippen LogP contribution in [0.5, 0.6) is 11.6 Å². The van der Waals surface area contributed by atoms with E-state index in [1.807, 2.05) is 0 Å². The fraction of sp³-hybridized carbons (Fsp3) is 0.143. The number of hydrogen-bond acceptors (Lipinski definition) is 5. The van der Waals surface area contributed by atoms with Gasteiger partial charge in [0.1, 0.15) is 5.84 Å². The molecule has 1 aromatic heterocycles. The molecule has 3 N–H and O–H groups in total. The maximum absolute atomic E-state index is 11.1. The number of rotatable bonds is 4. The molecule has 0 atom stereocenters. The topological polar surface area (TPSA) is 115 Å². The zero-order chi connectivity index (χ0) is 15.6. The minimum atomic E-state index is -0.496. The summed E-state index contributed by atoms with van der Waals surface area (Å²) in [7, 11) is 0. The molecule has 0 spiro atoms. The van der Waals surface area contributed by atoms with Crippen LogP contribution in [-0.2, 0) is 0 Å². The van der Waals surface area contributed by atoms with Gasteiger partial charge in [-0.25, -0.2) is 4.98 Å². The first-order valence-corrected chi connectivity index (χ1v) is 6.12. The molecule has 1 heterocycles. The number of nitro groups is 1. The Morgan fingerprint density at radius 1 is 1.38 bits per heavy atom. The number of aromatic nitrogens is 1. The monoisotopic (exact) mass is 286 g/mol. The first kappa shape index (κ1) is 14.4. The van der Waals surface area contributed by atoms with Gasteiger partial charge in [0.05, 0.1) is 4.92 Å². The second kappa shape index (κ2) is 5.58. The quantitative estimate of drug-likeness (QED) is 0.388. The number of nitrogens with zero attached hydrogens (tertiary/aromatic N) is 2. The highest BCUT2D eigenvalue weighted by Crippen LogP contribution is 2.35. The van der Waals surface area contributed by atoms with E-state index in [1.165, 1.54) is 18.3 Å². The third-order valence-electron chi connectivity index (χ3n) is 2.85. The first-order chi connectivity index (χ1) is 9.88. The van der Waals surface area contributed by atoms with Gasteiger partial charge in [-0.05, 0) is 31.0 Å². The van der Waals surface area contributed by atoms with E-state index >= 15 is 0 Å². The largest absolute Gasteiger partial charge is 0.431 e. The summed E-state index contributed by atoms with van der Waals surface area (Å²) in [6.07, 6.45) is 1.43. The summed E-state index contributed by atoms with van der Waals surface area (Å²) in [5, 5.41) is 18.5. The van der Waals surface area contributed by atoms with Crippen molar-refractivity contribution in [1.29, 1.82) is 5.41 Å². The lowest BCUT2D eigenvalue weighted by atomic mass is 10.1. The van der Waals surface area contributed by atoms with Crippen LogP contribution in [0.1, 0.15) is 16.7 Å². The number of benzene rings is 1. The molecule has 2 aromatic rings. The lowest BCUT2D eigenvalue weighted by molar-refractivity contribution is -0.385. The SMILES string of the molecule is Cc1cc(C)c(Oc2cc(C(=N)N)ccn2)c([N+](=O)[O-])c1. The second-order valence-electron chi connectivity index (χ2n) is 4.59. The number of nitrogens with two attached hydrogens (primary N) is 1. The Kier molecular flexibility index (Phi) is 3.84. The lowest BCUT2D eigenvalue weighted by Gasteiger charge is -2.10. The third-order valence-corrected chi connectivity index (χ3v) is 2.85. The third kappa shape index (κ3) is 3.14. The summed E-state index contributed by atoms with van der Waals surface area (Å²) in [5.41, 5.74) is 7.12. The van der Waals surface area contributed by atoms with E-state index in [2.05, 4.69) is 4.98 Å². The highest BCUT2D eigenvalue weighted by Gasteiger charge is 2.19. The fourth-order valence-electron chi connectivity index (χ4n) is 1.94. The van der Waals surface area contributed by atoms with Gasteiger partial charge >= 0.3 is 5.69 Å². The van der Waals surface area contributed by atoms with E-state index in [4.69, 9.17) is 15.9 Å². The Bertz CT molecular complexity index is 728. The molecular formula is C14H14N4O3. The molecule has 0 unspecified atom stereocenters. The predicted octanol–water partition coefficient (Wildman–Crippen LogP) is 2.68. The van der Waals surface area contributed by atoms with Gasteiger partial charge in [0.2, 0.25) is 11.6 Å². The zero-order valence-corrected chi connectivity index (χ0v) is 11.6. The van der Waals surface area contributed by atoms with Crippen LogP contribution in [0.15, 0.2) is 30.5 Å². The van der Waals surface area contributed by atoms with Gasteiger partial charge in [-0.1, -0.05) is 6.07 Å². The maximum atomic E-state index is 11.1. The molecule has 0 bridgehead atoms. The van der Waals surface area contributed by atoms with Gasteiger partial charge in [-0.3, -0.25) is 15.5 Å². The van der Waals surface area contributed by atoms with Crippen LogP contribution in [0.2, 0.25) is 0 Å². The van der Waals surface area contributed by atoms with Crippen molar-refractivity contribution in [3.63, 3.8) is 0 Å². The molecule has 0 saturated carbocycles. The minimum Gasteiger partial charge on any atom is -0.431 e. The molecule has 7 heteroatoms. The van der Waals surface area contributed by atoms with Crippen LogP contribution in [0, 0.1) is 29.4 Å². The van der Waals surface area contributed by atoms with Crippen LogP contribution in [0.3, 0.4) is 0 Å².